The molecule has 0 aromatic heterocycles. The Morgan fingerprint density at radius 3 is 2.76 bits per heavy atom. The van der Waals surface area contributed by atoms with Crippen LogP contribution in [0.5, 0.6) is 0 Å². The number of rotatable bonds is 3. The molecule has 2 heterocycles. The minimum Gasteiger partial charge on any atom is -0.307 e. The van der Waals surface area contributed by atoms with Crippen LogP contribution in [0.25, 0.3) is 0 Å². The predicted molar refractivity (Wildman–Crippen MR) is 88.5 cm³/mol. The van der Waals surface area contributed by atoms with Gasteiger partial charge in [-0.05, 0) is 57.9 Å². The first-order valence-electron chi connectivity index (χ1n) is 8.37. The molecular weight excluding hydrogens is 258 g/mol. The maximum Gasteiger partial charge on any atom is 0.0534 e. The third kappa shape index (κ3) is 3.65. The fraction of sp³-hybridized carbons (Fsp3) is 0.667. The van der Waals surface area contributed by atoms with Gasteiger partial charge in [-0.1, -0.05) is 30.3 Å². The van der Waals surface area contributed by atoms with E-state index in [4.69, 9.17) is 0 Å². The Bertz CT molecular complexity index is 447. The molecule has 1 aromatic carbocycles. The molecular formula is C18H29N3. The highest BCUT2D eigenvalue weighted by Crippen LogP contribution is 2.25. The third-order valence-corrected chi connectivity index (χ3v) is 5.12. The standard InChI is InChI=1S/C18H29N3/c1-18(17-7-4-3-5-8-17)15-21(11-6-10-19-18)14-16-9-12-20(2)13-16/h3-5,7-8,16,19H,6,9-15H2,1-2H3. The second-order valence-electron chi connectivity index (χ2n) is 7.13. The van der Waals surface area contributed by atoms with Crippen molar-refractivity contribution >= 4 is 0 Å². The Balaban J connectivity index is 1.68. The predicted octanol–water partition coefficient (Wildman–Crippen LogP) is 2.15. The Labute approximate surface area is 129 Å². The van der Waals surface area contributed by atoms with Crippen molar-refractivity contribution < 1.29 is 0 Å². The molecule has 0 spiro atoms. The molecule has 0 aliphatic carbocycles. The Kier molecular flexibility index (Phi) is 4.63. The second kappa shape index (κ2) is 6.47. The molecule has 116 valence electrons. The maximum absolute atomic E-state index is 3.79. The third-order valence-electron chi connectivity index (χ3n) is 5.12. The molecule has 2 fully saturated rings. The first-order chi connectivity index (χ1) is 10.2. The van der Waals surface area contributed by atoms with Gasteiger partial charge >= 0.3 is 0 Å². The van der Waals surface area contributed by atoms with Gasteiger partial charge in [-0.25, -0.2) is 0 Å². The fourth-order valence-electron chi connectivity index (χ4n) is 3.94. The molecule has 1 N–H and O–H groups in total. The van der Waals surface area contributed by atoms with E-state index in [1.165, 1.54) is 44.6 Å². The molecule has 2 atom stereocenters. The van der Waals surface area contributed by atoms with E-state index < -0.39 is 0 Å². The minimum atomic E-state index is 0.0856. The summed E-state index contributed by atoms with van der Waals surface area (Å²) >= 11 is 0. The van der Waals surface area contributed by atoms with Gasteiger partial charge in [0.15, 0.2) is 0 Å². The zero-order chi connectivity index (χ0) is 14.7. The fourth-order valence-corrected chi connectivity index (χ4v) is 3.94. The van der Waals surface area contributed by atoms with Gasteiger partial charge in [0.1, 0.15) is 0 Å². The maximum atomic E-state index is 3.79. The number of hydrogen-bond acceptors (Lipinski definition) is 3. The summed E-state index contributed by atoms with van der Waals surface area (Å²) in [6.45, 7) is 9.63. The van der Waals surface area contributed by atoms with Crippen molar-refractivity contribution in [3.63, 3.8) is 0 Å². The van der Waals surface area contributed by atoms with Gasteiger partial charge in [0.25, 0.3) is 0 Å². The lowest BCUT2D eigenvalue weighted by molar-refractivity contribution is 0.192. The lowest BCUT2D eigenvalue weighted by Gasteiger charge is -2.35. The summed E-state index contributed by atoms with van der Waals surface area (Å²) in [5, 5.41) is 3.79. The molecule has 2 aliphatic heterocycles. The average molecular weight is 287 g/mol. The molecule has 0 radical (unpaired) electrons. The largest absolute Gasteiger partial charge is 0.307 e. The van der Waals surface area contributed by atoms with Gasteiger partial charge in [-0.3, -0.25) is 0 Å². The van der Waals surface area contributed by atoms with Crippen LogP contribution in [0.2, 0.25) is 0 Å². The van der Waals surface area contributed by atoms with Crippen LogP contribution in [0.3, 0.4) is 0 Å². The number of nitrogens with one attached hydrogen (secondary N) is 1. The quantitative estimate of drug-likeness (QED) is 0.919. The van der Waals surface area contributed by atoms with Gasteiger partial charge in [0.05, 0.1) is 5.54 Å². The van der Waals surface area contributed by atoms with Crippen molar-refractivity contribution in [1.29, 1.82) is 0 Å². The van der Waals surface area contributed by atoms with Crippen LogP contribution in [0.15, 0.2) is 30.3 Å². The van der Waals surface area contributed by atoms with E-state index in [9.17, 15) is 0 Å². The van der Waals surface area contributed by atoms with Crippen molar-refractivity contribution in [2.45, 2.75) is 25.3 Å². The molecule has 2 aliphatic rings. The molecule has 0 saturated carbocycles. The van der Waals surface area contributed by atoms with Gasteiger partial charge in [0.2, 0.25) is 0 Å². The molecule has 3 nitrogen and oxygen atoms in total. The van der Waals surface area contributed by atoms with Crippen LogP contribution < -0.4 is 5.32 Å². The highest BCUT2D eigenvalue weighted by molar-refractivity contribution is 5.24. The van der Waals surface area contributed by atoms with E-state index in [-0.39, 0.29) is 5.54 Å². The zero-order valence-electron chi connectivity index (χ0n) is 13.5. The lowest BCUT2D eigenvalue weighted by Crippen LogP contribution is -2.47. The van der Waals surface area contributed by atoms with Crippen LogP contribution in [0.1, 0.15) is 25.3 Å². The monoisotopic (exact) mass is 287 g/mol. The molecule has 2 unspecified atom stereocenters. The van der Waals surface area contributed by atoms with Crippen LogP contribution >= 0.6 is 0 Å². The Morgan fingerprint density at radius 2 is 2.05 bits per heavy atom. The summed E-state index contributed by atoms with van der Waals surface area (Å²) in [6.07, 6.45) is 2.62. The number of benzene rings is 1. The first kappa shape index (κ1) is 15.0. The molecule has 2 saturated heterocycles. The Hall–Kier alpha value is -0.900. The number of likely N-dealkylation sites (tertiary alicyclic amines) is 1. The van der Waals surface area contributed by atoms with E-state index in [1.54, 1.807) is 0 Å². The highest BCUT2D eigenvalue weighted by atomic mass is 15.2. The number of nitrogens with zero attached hydrogens (tertiary/aromatic N) is 2. The second-order valence-corrected chi connectivity index (χ2v) is 7.13. The van der Waals surface area contributed by atoms with Crippen LogP contribution in [0.4, 0.5) is 0 Å². The normalized spacial score (nSPS) is 32.2. The van der Waals surface area contributed by atoms with Crippen LogP contribution in [0, 0.1) is 5.92 Å². The molecule has 21 heavy (non-hydrogen) atoms. The minimum absolute atomic E-state index is 0.0856. The van der Waals surface area contributed by atoms with E-state index in [0.717, 1.165) is 19.0 Å². The van der Waals surface area contributed by atoms with Gasteiger partial charge in [-0.15, -0.1) is 0 Å². The first-order valence-corrected chi connectivity index (χ1v) is 8.37. The van der Waals surface area contributed by atoms with Crippen molar-refractivity contribution in [2.75, 3.05) is 46.3 Å². The van der Waals surface area contributed by atoms with Crippen molar-refractivity contribution in [3.8, 4) is 0 Å². The molecule has 3 heteroatoms. The SMILES string of the molecule is CN1CCC(CN2CCCNC(C)(c3ccccc3)C2)C1. The van der Waals surface area contributed by atoms with Crippen LogP contribution in [-0.2, 0) is 5.54 Å². The van der Waals surface area contributed by atoms with Crippen molar-refractivity contribution in [3.05, 3.63) is 35.9 Å². The molecule has 0 amide bonds. The summed E-state index contributed by atoms with van der Waals surface area (Å²) in [4.78, 5) is 5.16. The summed E-state index contributed by atoms with van der Waals surface area (Å²) < 4.78 is 0. The van der Waals surface area contributed by atoms with Gasteiger partial charge in [-0.2, -0.15) is 0 Å². The van der Waals surface area contributed by atoms with Gasteiger partial charge < -0.3 is 15.1 Å². The average Bonchev–Trinajstić information content (AvgIpc) is 2.79. The zero-order valence-corrected chi connectivity index (χ0v) is 13.5. The summed E-state index contributed by atoms with van der Waals surface area (Å²) in [5.41, 5.74) is 1.50. The lowest BCUT2D eigenvalue weighted by atomic mass is 9.91. The molecule has 0 bridgehead atoms. The number of hydrogen-bond donors (Lipinski definition) is 1. The van der Waals surface area contributed by atoms with Crippen molar-refractivity contribution in [2.24, 2.45) is 5.92 Å². The van der Waals surface area contributed by atoms with E-state index >= 15 is 0 Å². The van der Waals surface area contributed by atoms with E-state index in [2.05, 4.69) is 59.4 Å². The topological polar surface area (TPSA) is 18.5 Å². The van der Waals surface area contributed by atoms with E-state index in [1.807, 2.05) is 0 Å². The smallest absolute Gasteiger partial charge is 0.0534 e. The highest BCUT2D eigenvalue weighted by Gasteiger charge is 2.32. The Morgan fingerprint density at radius 1 is 1.24 bits per heavy atom. The van der Waals surface area contributed by atoms with Crippen molar-refractivity contribution in [1.82, 2.24) is 15.1 Å². The van der Waals surface area contributed by atoms with Crippen LogP contribution in [-0.4, -0.2) is 56.1 Å². The summed E-state index contributed by atoms with van der Waals surface area (Å²) in [6, 6.07) is 10.9. The summed E-state index contributed by atoms with van der Waals surface area (Å²) in [7, 11) is 2.25. The van der Waals surface area contributed by atoms with Gasteiger partial charge in [0, 0.05) is 19.6 Å². The molecule has 1 aromatic rings. The molecule has 3 rings (SSSR count). The van der Waals surface area contributed by atoms with E-state index in [0.29, 0.717) is 0 Å². The summed E-state index contributed by atoms with van der Waals surface area (Å²) in [5.74, 6) is 0.855.